The summed E-state index contributed by atoms with van der Waals surface area (Å²) >= 11 is 3.58. The van der Waals surface area contributed by atoms with E-state index in [0.29, 0.717) is 59.7 Å². The van der Waals surface area contributed by atoms with Gasteiger partial charge >= 0.3 is 0 Å². The van der Waals surface area contributed by atoms with Gasteiger partial charge in [-0.1, -0.05) is 15.9 Å². The van der Waals surface area contributed by atoms with Crippen LogP contribution in [0.1, 0.15) is 36.0 Å². The summed E-state index contributed by atoms with van der Waals surface area (Å²) in [6.07, 6.45) is 1.93. The molecule has 0 saturated carbocycles. The Labute approximate surface area is 254 Å². The standard InChI is InChI=1S/C31H37BrN4O6/c1-8-42-26-18-20(17-25(35-26)38-4)31(37,12-14-36(2)3)27(22-11-13-33-30(41-7)28(22)39-5)23-16-19-15-21(32)9-10-24(19)34-29(23)40-6/h9-11,13,15-18,27,37H,8,12,14H2,1-7H3. The lowest BCUT2D eigenvalue weighted by atomic mass is 9.71. The maximum absolute atomic E-state index is 13.2. The molecule has 0 aliphatic heterocycles. The molecule has 11 heteroatoms. The number of ether oxygens (including phenoxy) is 5. The number of hydrogen-bond donors (Lipinski definition) is 1. The van der Waals surface area contributed by atoms with Gasteiger partial charge in [0.25, 0.3) is 5.88 Å². The molecule has 0 bridgehead atoms. The highest BCUT2D eigenvalue weighted by Crippen LogP contribution is 2.51. The molecular weight excluding hydrogens is 604 g/mol. The highest BCUT2D eigenvalue weighted by Gasteiger charge is 2.45. The summed E-state index contributed by atoms with van der Waals surface area (Å²) in [5.74, 6) is 0.896. The van der Waals surface area contributed by atoms with Crippen molar-refractivity contribution in [3.05, 3.63) is 69.8 Å². The maximum Gasteiger partial charge on any atom is 0.257 e. The van der Waals surface area contributed by atoms with E-state index in [1.54, 1.807) is 32.5 Å². The van der Waals surface area contributed by atoms with Crippen LogP contribution in [0.3, 0.4) is 0 Å². The Balaban J connectivity index is 2.14. The molecule has 0 aliphatic rings. The first-order chi connectivity index (χ1) is 20.2. The van der Waals surface area contributed by atoms with Gasteiger partial charge in [-0.2, -0.15) is 4.98 Å². The van der Waals surface area contributed by atoms with Crippen LogP contribution >= 0.6 is 15.9 Å². The number of nitrogens with zero attached hydrogens (tertiary/aromatic N) is 4. The van der Waals surface area contributed by atoms with Crippen molar-refractivity contribution in [2.24, 2.45) is 0 Å². The van der Waals surface area contributed by atoms with Crippen molar-refractivity contribution >= 4 is 26.8 Å². The summed E-state index contributed by atoms with van der Waals surface area (Å²) in [5.41, 5.74) is 0.982. The van der Waals surface area contributed by atoms with E-state index in [1.807, 2.05) is 56.3 Å². The van der Waals surface area contributed by atoms with Crippen LogP contribution in [0.2, 0.25) is 0 Å². The van der Waals surface area contributed by atoms with Gasteiger partial charge in [-0.15, -0.1) is 0 Å². The summed E-state index contributed by atoms with van der Waals surface area (Å²) < 4.78 is 29.6. The predicted octanol–water partition coefficient (Wildman–Crippen LogP) is 5.19. The quantitative estimate of drug-likeness (QED) is 0.210. The van der Waals surface area contributed by atoms with Crippen LogP contribution in [0.5, 0.6) is 29.3 Å². The van der Waals surface area contributed by atoms with Crippen molar-refractivity contribution in [3.8, 4) is 29.3 Å². The molecule has 3 aromatic heterocycles. The van der Waals surface area contributed by atoms with Gasteiger partial charge in [0.15, 0.2) is 5.75 Å². The highest BCUT2D eigenvalue weighted by atomic mass is 79.9. The van der Waals surface area contributed by atoms with E-state index in [2.05, 4.69) is 25.9 Å². The fraction of sp³-hybridized carbons (Fsp3) is 0.387. The van der Waals surface area contributed by atoms with E-state index in [-0.39, 0.29) is 5.88 Å². The van der Waals surface area contributed by atoms with Crippen LogP contribution in [0.25, 0.3) is 10.9 Å². The molecule has 4 rings (SSSR count). The molecule has 3 heterocycles. The van der Waals surface area contributed by atoms with Gasteiger partial charge < -0.3 is 33.7 Å². The molecule has 2 atom stereocenters. The Morgan fingerprint density at radius 1 is 0.881 bits per heavy atom. The molecule has 224 valence electrons. The molecule has 4 aromatic rings. The van der Waals surface area contributed by atoms with Crippen LogP contribution < -0.4 is 23.7 Å². The molecule has 0 fully saturated rings. The topological polar surface area (TPSA) is 108 Å². The van der Waals surface area contributed by atoms with E-state index in [4.69, 9.17) is 28.7 Å². The maximum atomic E-state index is 13.2. The molecule has 1 N–H and O–H groups in total. The second-order valence-electron chi connectivity index (χ2n) is 9.95. The average Bonchev–Trinajstić information content (AvgIpc) is 2.99. The van der Waals surface area contributed by atoms with Gasteiger partial charge in [0.05, 0.1) is 46.5 Å². The number of aliphatic hydroxyl groups is 1. The third-order valence-electron chi connectivity index (χ3n) is 7.08. The van der Waals surface area contributed by atoms with E-state index in [9.17, 15) is 5.11 Å². The minimum absolute atomic E-state index is 0.285. The number of halogens is 1. The fourth-order valence-electron chi connectivity index (χ4n) is 5.13. The Morgan fingerprint density at radius 2 is 1.62 bits per heavy atom. The molecule has 0 amide bonds. The third-order valence-corrected chi connectivity index (χ3v) is 7.58. The first kappa shape index (κ1) is 31.3. The van der Waals surface area contributed by atoms with Crippen molar-refractivity contribution in [1.29, 1.82) is 0 Å². The van der Waals surface area contributed by atoms with Crippen molar-refractivity contribution in [2.45, 2.75) is 24.9 Å². The van der Waals surface area contributed by atoms with Gasteiger partial charge in [-0.25, -0.2) is 9.97 Å². The zero-order valence-electron chi connectivity index (χ0n) is 25.0. The monoisotopic (exact) mass is 640 g/mol. The molecular formula is C31H37BrN4O6. The summed E-state index contributed by atoms with van der Waals surface area (Å²) in [5, 5.41) is 14.0. The normalized spacial score (nSPS) is 13.5. The SMILES string of the molecule is CCOc1cc(C(O)(CCN(C)C)C(c2cc3cc(Br)ccc3nc2OC)c2ccnc(OC)c2OC)cc(OC)n1. The number of rotatable bonds is 13. The number of methoxy groups -OCH3 is 4. The Hall–Kier alpha value is -3.67. The number of pyridine rings is 3. The van der Waals surface area contributed by atoms with E-state index >= 15 is 0 Å². The average molecular weight is 642 g/mol. The van der Waals surface area contributed by atoms with Crippen LogP contribution in [0, 0.1) is 0 Å². The number of fused-ring (bicyclic) bond motifs is 1. The molecule has 0 aliphatic carbocycles. The van der Waals surface area contributed by atoms with Crippen LogP contribution in [0.15, 0.2) is 53.1 Å². The Kier molecular flexibility index (Phi) is 10.1. The summed E-state index contributed by atoms with van der Waals surface area (Å²) in [4.78, 5) is 15.7. The second-order valence-corrected chi connectivity index (χ2v) is 10.9. The molecule has 0 spiro atoms. The summed E-state index contributed by atoms with van der Waals surface area (Å²) in [6, 6.07) is 13.1. The van der Waals surface area contributed by atoms with E-state index in [0.717, 1.165) is 15.4 Å². The lowest BCUT2D eigenvalue weighted by Crippen LogP contribution is -2.38. The highest BCUT2D eigenvalue weighted by molar-refractivity contribution is 9.10. The van der Waals surface area contributed by atoms with Gasteiger partial charge in [0.1, 0.15) is 5.60 Å². The number of hydrogen-bond acceptors (Lipinski definition) is 10. The molecule has 0 radical (unpaired) electrons. The first-order valence-corrected chi connectivity index (χ1v) is 14.3. The van der Waals surface area contributed by atoms with Crippen molar-refractivity contribution in [1.82, 2.24) is 19.9 Å². The van der Waals surface area contributed by atoms with Crippen molar-refractivity contribution in [2.75, 3.05) is 55.7 Å². The molecule has 42 heavy (non-hydrogen) atoms. The van der Waals surface area contributed by atoms with Gasteiger partial charge in [0, 0.05) is 45.9 Å². The van der Waals surface area contributed by atoms with Crippen molar-refractivity contribution < 1.29 is 28.8 Å². The lowest BCUT2D eigenvalue weighted by Gasteiger charge is -2.39. The smallest absolute Gasteiger partial charge is 0.257 e. The number of aromatic nitrogens is 3. The minimum Gasteiger partial charge on any atom is -0.491 e. The zero-order valence-corrected chi connectivity index (χ0v) is 26.6. The third kappa shape index (κ3) is 6.38. The molecule has 0 saturated heterocycles. The van der Waals surface area contributed by atoms with Gasteiger partial charge in [-0.05, 0) is 63.3 Å². The fourth-order valence-corrected chi connectivity index (χ4v) is 5.50. The summed E-state index contributed by atoms with van der Waals surface area (Å²) in [6.45, 7) is 2.81. The molecule has 1 aromatic carbocycles. The predicted molar refractivity (Wildman–Crippen MR) is 164 cm³/mol. The minimum atomic E-state index is -1.58. The molecule has 2 unspecified atom stereocenters. The van der Waals surface area contributed by atoms with E-state index < -0.39 is 11.5 Å². The Morgan fingerprint density at radius 3 is 2.26 bits per heavy atom. The Bertz CT molecular complexity index is 1540. The number of benzene rings is 1. The van der Waals surface area contributed by atoms with Crippen LogP contribution in [-0.4, -0.2) is 80.6 Å². The van der Waals surface area contributed by atoms with Crippen LogP contribution in [0.4, 0.5) is 0 Å². The first-order valence-electron chi connectivity index (χ1n) is 13.5. The molecule has 10 nitrogen and oxygen atoms in total. The van der Waals surface area contributed by atoms with Gasteiger partial charge in [0.2, 0.25) is 17.6 Å². The largest absolute Gasteiger partial charge is 0.491 e. The van der Waals surface area contributed by atoms with Crippen LogP contribution in [-0.2, 0) is 5.60 Å². The lowest BCUT2D eigenvalue weighted by molar-refractivity contribution is 0.00259. The second kappa shape index (κ2) is 13.5. The van der Waals surface area contributed by atoms with Crippen molar-refractivity contribution in [3.63, 3.8) is 0 Å². The summed E-state index contributed by atoms with van der Waals surface area (Å²) in [7, 11) is 10.1. The van der Waals surface area contributed by atoms with E-state index in [1.165, 1.54) is 14.2 Å². The van der Waals surface area contributed by atoms with Gasteiger partial charge in [-0.3, -0.25) is 0 Å². The zero-order chi connectivity index (χ0) is 30.4.